The number of likely N-dealkylation sites (tertiary alicyclic amines) is 1. The Morgan fingerprint density at radius 1 is 1.05 bits per heavy atom. The summed E-state index contributed by atoms with van der Waals surface area (Å²) >= 11 is 0. The van der Waals surface area contributed by atoms with E-state index in [1.807, 2.05) is 37.6 Å². The van der Waals surface area contributed by atoms with E-state index in [9.17, 15) is 4.39 Å². The quantitative estimate of drug-likeness (QED) is 0.236. The molecule has 0 radical (unpaired) electrons. The molecule has 0 saturated carbocycles. The molecule has 1 aliphatic heterocycles. The molecule has 40 heavy (non-hydrogen) atoms. The first kappa shape index (κ1) is 27.8. The number of pyridine rings is 1. The number of hydrogen-bond donors (Lipinski definition) is 1. The molecule has 1 N–H and O–H groups in total. The lowest BCUT2D eigenvalue weighted by Crippen LogP contribution is -2.35. The highest BCUT2D eigenvalue weighted by atomic mass is 19.1. The number of benzene rings is 1. The predicted octanol–water partition coefficient (Wildman–Crippen LogP) is 7.19. The van der Waals surface area contributed by atoms with E-state index in [0.717, 1.165) is 25.8 Å². The summed E-state index contributed by atoms with van der Waals surface area (Å²) in [5.41, 5.74) is 2.36. The van der Waals surface area contributed by atoms with Crippen molar-refractivity contribution < 1.29 is 8.78 Å². The number of anilines is 2. The average molecular weight is 546 g/mol. The molecule has 0 unspecified atom stereocenters. The van der Waals surface area contributed by atoms with Crippen LogP contribution in [0.15, 0.2) is 48.8 Å². The zero-order chi connectivity index (χ0) is 28.4. The van der Waals surface area contributed by atoms with E-state index in [4.69, 9.17) is 0 Å². The van der Waals surface area contributed by atoms with Crippen LogP contribution in [-0.4, -0.2) is 49.0 Å². The maximum absolute atomic E-state index is 15.0. The van der Waals surface area contributed by atoms with Crippen molar-refractivity contribution in [3.63, 3.8) is 0 Å². The van der Waals surface area contributed by atoms with Gasteiger partial charge in [0.25, 0.3) is 0 Å². The van der Waals surface area contributed by atoms with E-state index in [0.29, 0.717) is 34.6 Å². The second-order valence-electron chi connectivity index (χ2n) is 10.8. The van der Waals surface area contributed by atoms with Crippen molar-refractivity contribution in [1.29, 1.82) is 0 Å². The summed E-state index contributed by atoms with van der Waals surface area (Å²) in [6.45, 7) is 13.5. The molecule has 0 spiro atoms. The van der Waals surface area contributed by atoms with Gasteiger partial charge >= 0.3 is 0 Å². The monoisotopic (exact) mass is 545 g/mol. The molecule has 5 rings (SSSR count). The fraction of sp³-hybridized carbons (Fsp3) is 0.419. The van der Waals surface area contributed by atoms with Gasteiger partial charge in [-0.1, -0.05) is 25.1 Å². The first-order valence-corrected chi connectivity index (χ1v) is 14.1. The summed E-state index contributed by atoms with van der Waals surface area (Å²) in [6, 6.07) is 7.05. The van der Waals surface area contributed by atoms with Gasteiger partial charge in [-0.15, -0.1) is 0 Å². The lowest BCUT2D eigenvalue weighted by molar-refractivity contribution is 0.184. The van der Waals surface area contributed by atoms with Crippen molar-refractivity contribution in [2.75, 3.05) is 25.0 Å². The van der Waals surface area contributed by atoms with Crippen LogP contribution in [0, 0.1) is 24.5 Å². The molecular formula is C31H37F2N7. The number of nitrogens with zero attached hydrogens (tertiary/aromatic N) is 6. The Balaban J connectivity index is 1.39. The molecule has 9 heteroatoms. The van der Waals surface area contributed by atoms with Crippen molar-refractivity contribution in [3.8, 4) is 11.3 Å². The molecule has 1 atom stereocenters. The summed E-state index contributed by atoms with van der Waals surface area (Å²) < 4.78 is 31.9. The zero-order valence-electron chi connectivity index (χ0n) is 23.8. The smallest absolute Gasteiger partial charge is 0.229 e. The second-order valence-corrected chi connectivity index (χ2v) is 10.8. The summed E-state index contributed by atoms with van der Waals surface area (Å²) in [5, 5.41) is 3.08. The zero-order valence-corrected chi connectivity index (χ0v) is 23.8. The van der Waals surface area contributed by atoms with Gasteiger partial charge in [0, 0.05) is 23.7 Å². The van der Waals surface area contributed by atoms with Crippen LogP contribution in [0.25, 0.3) is 22.3 Å². The third-order valence-corrected chi connectivity index (χ3v) is 7.86. The van der Waals surface area contributed by atoms with Gasteiger partial charge in [0.05, 0.1) is 11.7 Å². The standard InChI is InChI=1S/C31H37F2N7/c1-6-8-24(21-11-13-39(7-2)14-12-21)22-9-10-28(34-17-22)37-31-35-18-26(33)29(38-31)23-15-25(32)30-27(16-23)40(19(3)4)20(5)36-30/h6,8-10,15-19,21,24H,7,11-14H2,1-5H3,(H,34,35,37,38)/b8-6+/t24-/m0/s1. The number of hydrogen-bond acceptors (Lipinski definition) is 6. The molecule has 4 heterocycles. The Kier molecular flexibility index (Phi) is 8.21. The summed E-state index contributed by atoms with van der Waals surface area (Å²) in [5.74, 6) is 1.17. The lowest BCUT2D eigenvalue weighted by Gasteiger charge is -2.34. The summed E-state index contributed by atoms with van der Waals surface area (Å²) in [7, 11) is 0. The topological polar surface area (TPSA) is 71.8 Å². The minimum absolute atomic E-state index is 0.00986. The number of allylic oxidation sites excluding steroid dienone is 2. The van der Waals surface area contributed by atoms with Crippen molar-refractivity contribution in [2.45, 2.75) is 59.4 Å². The lowest BCUT2D eigenvalue weighted by atomic mass is 9.80. The van der Waals surface area contributed by atoms with E-state index in [-0.39, 0.29) is 23.2 Å². The predicted molar refractivity (Wildman–Crippen MR) is 156 cm³/mol. The van der Waals surface area contributed by atoms with E-state index >= 15 is 4.39 Å². The van der Waals surface area contributed by atoms with Crippen molar-refractivity contribution in [1.82, 2.24) is 29.4 Å². The number of piperidine rings is 1. The fourth-order valence-corrected chi connectivity index (χ4v) is 5.85. The Morgan fingerprint density at radius 2 is 1.82 bits per heavy atom. The highest BCUT2D eigenvalue weighted by Crippen LogP contribution is 2.34. The van der Waals surface area contributed by atoms with Gasteiger partial charge in [-0.05, 0) is 89.9 Å². The first-order valence-electron chi connectivity index (χ1n) is 14.1. The van der Waals surface area contributed by atoms with Crippen LogP contribution in [0.5, 0.6) is 0 Å². The van der Waals surface area contributed by atoms with Gasteiger partial charge in [0.15, 0.2) is 11.6 Å². The first-order chi connectivity index (χ1) is 19.3. The third-order valence-electron chi connectivity index (χ3n) is 7.86. The van der Waals surface area contributed by atoms with Gasteiger partial charge in [0.2, 0.25) is 5.95 Å². The molecule has 0 bridgehead atoms. The molecule has 1 aromatic carbocycles. The minimum atomic E-state index is -0.636. The number of rotatable bonds is 8. The maximum atomic E-state index is 15.0. The number of halogens is 2. The van der Waals surface area contributed by atoms with Gasteiger partial charge < -0.3 is 14.8 Å². The van der Waals surface area contributed by atoms with Crippen molar-refractivity contribution >= 4 is 22.8 Å². The van der Waals surface area contributed by atoms with Crippen LogP contribution < -0.4 is 5.32 Å². The molecule has 1 aliphatic rings. The number of aryl methyl sites for hydroxylation is 1. The minimum Gasteiger partial charge on any atom is -0.326 e. The van der Waals surface area contributed by atoms with Crippen LogP contribution >= 0.6 is 0 Å². The van der Waals surface area contributed by atoms with E-state index in [1.165, 1.54) is 24.5 Å². The third kappa shape index (κ3) is 5.61. The van der Waals surface area contributed by atoms with Crippen LogP contribution in [0.2, 0.25) is 0 Å². The van der Waals surface area contributed by atoms with Crippen LogP contribution in [0.1, 0.15) is 63.9 Å². The van der Waals surface area contributed by atoms with E-state index in [1.54, 1.807) is 6.07 Å². The summed E-state index contributed by atoms with van der Waals surface area (Å²) in [6.07, 6.45) is 9.71. The maximum Gasteiger partial charge on any atom is 0.229 e. The summed E-state index contributed by atoms with van der Waals surface area (Å²) in [4.78, 5) is 20.0. The molecule has 0 aliphatic carbocycles. The van der Waals surface area contributed by atoms with Gasteiger partial charge in [-0.2, -0.15) is 0 Å². The van der Waals surface area contributed by atoms with Crippen LogP contribution in [0.4, 0.5) is 20.5 Å². The van der Waals surface area contributed by atoms with Crippen molar-refractivity contribution in [3.05, 3.63) is 71.8 Å². The Morgan fingerprint density at radius 3 is 2.48 bits per heavy atom. The van der Waals surface area contributed by atoms with Crippen molar-refractivity contribution in [2.24, 2.45) is 5.92 Å². The SMILES string of the molecule is C/C=C/[C@H](c1ccc(Nc2ncc(F)c(-c3cc(F)c4nc(C)n(C(C)C)c4c3)n2)nc1)C1CCN(CC)CC1. The van der Waals surface area contributed by atoms with Crippen LogP contribution in [0.3, 0.4) is 0 Å². The molecule has 1 fully saturated rings. The highest BCUT2D eigenvalue weighted by molar-refractivity contribution is 5.83. The van der Waals surface area contributed by atoms with Gasteiger partial charge in [0.1, 0.15) is 22.9 Å². The Hall–Kier alpha value is -3.72. The molecule has 1 saturated heterocycles. The molecule has 210 valence electrons. The number of fused-ring (bicyclic) bond motifs is 1. The molecule has 3 aromatic heterocycles. The molecule has 0 amide bonds. The fourth-order valence-electron chi connectivity index (χ4n) is 5.85. The number of imidazole rings is 1. The molecule has 7 nitrogen and oxygen atoms in total. The Bertz CT molecular complexity index is 1500. The largest absolute Gasteiger partial charge is 0.326 e. The second kappa shape index (κ2) is 11.8. The van der Waals surface area contributed by atoms with E-state index in [2.05, 4.69) is 62.2 Å². The normalized spacial score (nSPS) is 15.9. The average Bonchev–Trinajstić information content (AvgIpc) is 3.30. The van der Waals surface area contributed by atoms with Gasteiger partial charge in [-0.3, -0.25) is 0 Å². The number of aromatic nitrogens is 5. The van der Waals surface area contributed by atoms with E-state index < -0.39 is 11.6 Å². The van der Waals surface area contributed by atoms with Gasteiger partial charge in [-0.25, -0.2) is 28.7 Å². The molecular weight excluding hydrogens is 508 g/mol. The molecule has 4 aromatic rings. The van der Waals surface area contributed by atoms with Crippen LogP contribution in [-0.2, 0) is 0 Å². The Labute approximate surface area is 234 Å². The number of nitrogens with one attached hydrogen (secondary N) is 1. The highest BCUT2D eigenvalue weighted by Gasteiger charge is 2.26.